The molecule has 0 spiro atoms. The summed E-state index contributed by atoms with van der Waals surface area (Å²) in [6.45, 7) is 8.21. The van der Waals surface area contributed by atoms with Crippen molar-refractivity contribution in [2.24, 2.45) is 0 Å². The number of carbonyl (C=O) groups excluding carboxylic acids is 2. The maximum atomic E-state index is 12.9. The zero-order valence-electron chi connectivity index (χ0n) is 17.0. The van der Waals surface area contributed by atoms with E-state index in [2.05, 4.69) is 16.8 Å². The van der Waals surface area contributed by atoms with E-state index in [0.29, 0.717) is 5.69 Å². The lowest BCUT2D eigenvalue weighted by molar-refractivity contribution is -0.148. The zero-order valence-corrected chi connectivity index (χ0v) is 17.0. The van der Waals surface area contributed by atoms with Gasteiger partial charge in [0, 0.05) is 23.6 Å². The molecule has 1 atom stereocenters. The Morgan fingerprint density at radius 3 is 2.55 bits per heavy atom. The number of nitriles is 1. The second-order valence-electron chi connectivity index (χ2n) is 6.69. The highest BCUT2D eigenvalue weighted by Crippen LogP contribution is 2.19. The quantitative estimate of drug-likeness (QED) is 0.432. The number of amides is 1. The summed E-state index contributed by atoms with van der Waals surface area (Å²) in [6.07, 6.45) is 1.31. The van der Waals surface area contributed by atoms with Crippen molar-refractivity contribution in [3.05, 3.63) is 58.7 Å². The number of halogens is 1. The average Bonchev–Trinajstić information content (AvgIpc) is 2.95. The number of benzene rings is 1. The first-order valence-electron chi connectivity index (χ1n) is 9.32. The molecule has 1 N–H and O–H groups in total. The maximum absolute atomic E-state index is 12.9. The Labute approximate surface area is 169 Å². The fourth-order valence-electron chi connectivity index (χ4n) is 2.89. The van der Waals surface area contributed by atoms with Crippen LogP contribution in [0.4, 0.5) is 10.1 Å². The fourth-order valence-corrected chi connectivity index (χ4v) is 2.89. The van der Waals surface area contributed by atoms with Gasteiger partial charge in [-0.25, -0.2) is 9.18 Å². The van der Waals surface area contributed by atoms with Gasteiger partial charge in [0.25, 0.3) is 5.91 Å². The molecule has 2 aromatic rings. The van der Waals surface area contributed by atoms with Crippen LogP contribution in [0, 0.1) is 31.0 Å². The normalized spacial score (nSPS) is 12.2. The van der Waals surface area contributed by atoms with E-state index in [1.54, 1.807) is 0 Å². The van der Waals surface area contributed by atoms with Crippen molar-refractivity contribution < 1.29 is 18.7 Å². The maximum Gasteiger partial charge on any atom is 0.349 e. The van der Waals surface area contributed by atoms with E-state index in [1.807, 2.05) is 26.0 Å². The highest BCUT2D eigenvalue weighted by atomic mass is 19.1. The molecule has 0 saturated heterocycles. The van der Waals surface area contributed by atoms with E-state index in [0.717, 1.165) is 29.9 Å². The highest BCUT2D eigenvalue weighted by Gasteiger charge is 2.21. The van der Waals surface area contributed by atoms with Crippen LogP contribution in [0.2, 0.25) is 0 Å². The molecule has 0 aliphatic carbocycles. The molecule has 152 valence electrons. The first-order chi connectivity index (χ1) is 13.8. The van der Waals surface area contributed by atoms with Crippen molar-refractivity contribution in [2.45, 2.75) is 46.8 Å². The number of esters is 1. The average molecular weight is 397 g/mol. The fraction of sp³-hybridized carbons (Fsp3) is 0.318. The van der Waals surface area contributed by atoms with Gasteiger partial charge in [-0.1, -0.05) is 6.92 Å². The van der Waals surface area contributed by atoms with Crippen molar-refractivity contribution in [1.82, 2.24) is 4.57 Å². The van der Waals surface area contributed by atoms with Gasteiger partial charge in [0.05, 0.1) is 0 Å². The van der Waals surface area contributed by atoms with Gasteiger partial charge in [-0.3, -0.25) is 4.79 Å². The smallest absolute Gasteiger partial charge is 0.349 e. The van der Waals surface area contributed by atoms with Crippen LogP contribution in [-0.2, 0) is 20.9 Å². The Bertz CT molecular complexity index is 968. The number of aryl methyl sites for hydroxylation is 1. The lowest BCUT2D eigenvalue weighted by atomic mass is 10.1. The summed E-state index contributed by atoms with van der Waals surface area (Å²) in [5.74, 6) is -1.89. The first-order valence-corrected chi connectivity index (χ1v) is 9.32. The number of nitrogens with zero attached hydrogens (tertiary/aromatic N) is 2. The van der Waals surface area contributed by atoms with Gasteiger partial charge in [-0.2, -0.15) is 5.26 Å². The van der Waals surface area contributed by atoms with Crippen LogP contribution in [0.25, 0.3) is 6.08 Å². The van der Waals surface area contributed by atoms with E-state index >= 15 is 0 Å². The topological polar surface area (TPSA) is 84.1 Å². The molecule has 6 nitrogen and oxygen atoms in total. The minimum atomic E-state index is -1.13. The largest absolute Gasteiger partial charge is 0.448 e. The van der Waals surface area contributed by atoms with Crippen LogP contribution in [0.5, 0.6) is 0 Å². The third kappa shape index (κ3) is 5.55. The van der Waals surface area contributed by atoms with Crippen LogP contribution >= 0.6 is 0 Å². The molecule has 0 aliphatic rings. The highest BCUT2D eigenvalue weighted by molar-refractivity contribution is 6.01. The van der Waals surface area contributed by atoms with Crippen LogP contribution in [-0.4, -0.2) is 22.5 Å². The van der Waals surface area contributed by atoms with Crippen molar-refractivity contribution in [3.8, 4) is 6.07 Å². The van der Waals surface area contributed by atoms with Crippen molar-refractivity contribution in [2.75, 3.05) is 5.32 Å². The molecule has 29 heavy (non-hydrogen) atoms. The molecule has 0 fully saturated rings. The Morgan fingerprint density at radius 1 is 1.31 bits per heavy atom. The summed E-state index contributed by atoms with van der Waals surface area (Å²) in [7, 11) is 0. The second-order valence-corrected chi connectivity index (χ2v) is 6.69. The molecule has 0 bridgehead atoms. The molecule has 1 aromatic carbocycles. The van der Waals surface area contributed by atoms with E-state index < -0.39 is 23.8 Å². The number of hydrogen-bond donors (Lipinski definition) is 1. The number of ether oxygens (including phenoxy) is 1. The minimum absolute atomic E-state index is 0.191. The van der Waals surface area contributed by atoms with Crippen molar-refractivity contribution in [3.63, 3.8) is 0 Å². The Morgan fingerprint density at radius 2 is 1.97 bits per heavy atom. The first kappa shape index (κ1) is 21.9. The monoisotopic (exact) mass is 397 g/mol. The van der Waals surface area contributed by atoms with E-state index in [-0.39, 0.29) is 5.57 Å². The van der Waals surface area contributed by atoms with Crippen LogP contribution in [0.1, 0.15) is 37.2 Å². The summed E-state index contributed by atoms with van der Waals surface area (Å²) in [5.41, 5.74) is 2.93. The third-order valence-electron chi connectivity index (χ3n) is 4.47. The number of aromatic nitrogens is 1. The zero-order chi connectivity index (χ0) is 21.6. The minimum Gasteiger partial charge on any atom is -0.448 e. The Balaban J connectivity index is 2.10. The van der Waals surface area contributed by atoms with Crippen molar-refractivity contribution >= 4 is 23.6 Å². The van der Waals surface area contributed by atoms with Gasteiger partial charge in [0.1, 0.15) is 17.5 Å². The summed E-state index contributed by atoms with van der Waals surface area (Å²) >= 11 is 0. The summed E-state index contributed by atoms with van der Waals surface area (Å²) in [4.78, 5) is 24.6. The predicted molar refractivity (Wildman–Crippen MR) is 108 cm³/mol. The summed E-state index contributed by atoms with van der Waals surface area (Å²) in [6, 6.07) is 8.95. The SMILES string of the molecule is CCCn1c(C)cc(/C=C(\C#N)C(=O)O[C@@H](C)C(=O)Nc2ccc(F)cc2)c1C. The van der Waals surface area contributed by atoms with Crippen LogP contribution in [0.3, 0.4) is 0 Å². The van der Waals surface area contributed by atoms with E-state index in [9.17, 15) is 19.2 Å². The molecule has 0 saturated carbocycles. The van der Waals surface area contributed by atoms with Gasteiger partial charge in [0.15, 0.2) is 6.10 Å². The Kier molecular flexibility index (Phi) is 7.32. The van der Waals surface area contributed by atoms with Gasteiger partial charge in [0.2, 0.25) is 0 Å². The van der Waals surface area contributed by atoms with Crippen LogP contribution in [0.15, 0.2) is 35.9 Å². The molecule has 7 heteroatoms. The standard InChI is InChI=1S/C22H24FN3O3/c1-5-10-26-14(2)11-17(15(26)3)12-18(13-24)22(28)29-16(4)21(27)25-20-8-6-19(23)7-9-20/h6-9,11-12,16H,5,10H2,1-4H3,(H,25,27)/b18-12+/t16-/m0/s1. The molecule has 0 radical (unpaired) electrons. The molecular weight excluding hydrogens is 373 g/mol. The number of nitrogens with one attached hydrogen (secondary N) is 1. The molecule has 1 amide bonds. The number of rotatable bonds is 7. The number of hydrogen-bond acceptors (Lipinski definition) is 4. The molecular formula is C22H24FN3O3. The van der Waals surface area contributed by atoms with Gasteiger partial charge < -0.3 is 14.6 Å². The lowest BCUT2D eigenvalue weighted by Gasteiger charge is -2.13. The van der Waals surface area contributed by atoms with E-state index in [4.69, 9.17) is 4.74 Å². The predicted octanol–water partition coefficient (Wildman–Crippen LogP) is 4.13. The number of anilines is 1. The number of carbonyl (C=O) groups is 2. The van der Waals surface area contributed by atoms with Gasteiger partial charge >= 0.3 is 5.97 Å². The molecule has 2 rings (SSSR count). The third-order valence-corrected chi connectivity index (χ3v) is 4.47. The summed E-state index contributed by atoms with van der Waals surface area (Å²) in [5, 5.41) is 11.9. The van der Waals surface area contributed by atoms with Gasteiger partial charge in [-0.05, 0) is 69.2 Å². The Hall–Kier alpha value is -3.40. The van der Waals surface area contributed by atoms with E-state index in [1.165, 1.54) is 37.3 Å². The summed E-state index contributed by atoms with van der Waals surface area (Å²) < 4.78 is 20.2. The molecule has 1 heterocycles. The lowest BCUT2D eigenvalue weighted by Crippen LogP contribution is -2.30. The molecule has 0 aliphatic heterocycles. The molecule has 1 aromatic heterocycles. The van der Waals surface area contributed by atoms with Crippen LogP contribution < -0.4 is 5.32 Å². The molecule has 0 unspecified atom stereocenters. The second kappa shape index (κ2) is 9.69. The van der Waals surface area contributed by atoms with Crippen molar-refractivity contribution in [1.29, 1.82) is 5.26 Å². The van der Waals surface area contributed by atoms with Gasteiger partial charge in [-0.15, -0.1) is 0 Å².